The first kappa shape index (κ1) is 66.8. The second kappa shape index (κ2) is 30.4. The van der Waals surface area contributed by atoms with Gasteiger partial charge in [-0.25, -0.2) is 4.98 Å². The Bertz CT molecular complexity index is 2560. The molecule has 82 heavy (non-hydrogen) atoms. The van der Waals surface area contributed by atoms with E-state index in [9.17, 15) is 57.5 Å². The van der Waals surface area contributed by atoms with Crippen LogP contribution >= 0.6 is 0 Å². The number of esters is 12. The molecule has 0 amide bonds. The molecule has 1 aromatic rings. The number of carbonyl (C=O) groups is 12. The smallest absolute Gasteiger partial charge is 0.303 e. The summed E-state index contributed by atoms with van der Waals surface area (Å²) in [6.07, 6.45) is -26.8. The Morgan fingerprint density at radius 2 is 0.622 bits per heavy atom. The number of carbonyl (C=O) groups excluding carboxylic acids is 12. The number of ether oxygens (including phenoxy) is 18. The first-order chi connectivity index (χ1) is 38.4. The van der Waals surface area contributed by atoms with E-state index < -0.39 is 220 Å². The monoisotopic (exact) mass is 1180 g/mol. The molecule has 31 nitrogen and oxygen atoms in total. The van der Waals surface area contributed by atoms with Crippen molar-refractivity contribution in [1.82, 2.24) is 4.98 Å². The summed E-state index contributed by atoms with van der Waals surface area (Å²) in [4.78, 5) is 154. The molecule has 0 unspecified atom stereocenters. The summed E-state index contributed by atoms with van der Waals surface area (Å²) >= 11 is 0. The van der Waals surface area contributed by atoms with Gasteiger partial charge < -0.3 is 85.3 Å². The van der Waals surface area contributed by atoms with E-state index in [4.69, 9.17) is 85.3 Å². The van der Waals surface area contributed by atoms with Crippen molar-refractivity contribution in [3.63, 3.8) is 0 Å². The molecule has 1 aromatic heterocycles. The number of hydrogen-bond acceptors (Lipinski definition) is 31. The van der Waals surface area contributed by atoms with Crippen LogP contribution in [0.5, 0.6) is 5.75 Å². The van der Waals surface area contributed by atoms with Crippen LogP contribution in [-0.4, -0.2) is 189 Å². The van der Waals surface area contributed by atoms with Gasteiger partial charge in [0, 0.05) is 94.2 Å². The maximum Gasteiger partial charge on any atom is 0.303 e. The van der Waals surface area contributed by atoms with Crippen molar-refractivity contribution < 1.29 is 147 Å². The van der Waals surface area contributed by atoms with E-state index >= 15 is 4.39 Å². The van der Waals surface area contributed by atoms with Crippen LogP contribution in [-0.2, 0) is 151 Å². The molecule has 32 heteroatoms. The number of nitrogens with zero attached hydrogens (tertiary/aromatic N) is 1. The van der Waals surface area contributed by atoms with Gasteiger partial charge in [0.05, 0.1) is 18.9 Å². The van der Waals surface area contributed by atoms with Crippen LogP contribution in [0, 0.1) is 12.9 Å². The molecule has 3 aliphatic heterocycles. The lowest BCUT2D eigenvalue weighted by Crippen LogP contribution is -2.63. The maximum absolute atomic E-state index is 17.0. The number of pyridine rings is 1. The third-order valence-corrected chi connectivity index (χ3v) is 11.3. The minimum Gasteiger partial charge on any atom is -0.463 e. The summed E-state index contributed by atoms with van der Waals surface area (Å²) in [5.74, 6) is -13.6. The fourth-order valence-electron chi connectivity index (χ4n) is 8.58. The first-order valence-electron chi connectivity index (χ1n) is 24.9. The van der Waals surface area contributed by atoms with Gasteiger partial charge in [0.25, 0.3) is 0 Å². The summed E-state index contributed by atoms with van der Waals surface area (Å²) in [6, 6.07) is 0. The van der Waals surface area contributed by atoms with E-state index in [1.54, 1.807) is 0 Å². The van der Waals surface area contributed by atoms with Gasteiger partial charge in [0.2, 0.25) is 18.3 Å². The molecule has 4 rings (SSSR count). The maximum atomic E-state index is 17.0. The van der Waals surface area contributed by atoms with Crippen molar-refractivity contribution in [3.05, 3.63) is 22.8 Å². The van der Waals surface area contributed by atoms with Crippen molar-refractivity contribution in [1.29, 1.82) is 0 Å². The van der Waals surface area contributed by atoms with E-state index in [1.165, 1.54) is 6.92 Å². The third kappa shape index (κ3) is 19.5. The summed E-state index contributed by atoms with van der Waals surface area (Å²) < 4.78 is 119. The Balaban J connectivity index is 2.03. The van der Waals surface area contributed by atoms with E-state index in [1.807, 2.05) is 0 Å². The Hall–Kier alpha value is -7.68. The van der Waals surface area contributed by atoms with E-state index in [-0.39, 0.29) is 5.69 Å². The average molecular weight is 1180 g/mol. The van der Waals surface area contributed by atoms with E-state index in [0.29, 0.717) is 0 Å². The van der Waals surface area contributed by atoms with Crippen LogP contribution in [0.3, 0.4) is 0 Å². The van der Waals surface area contributed by atoms with Gasteiger partial charge in [-0.2, -0.15) is 4.39 Å². The van der Waals surface area contributed by atoms with Gasteiger partial charge in [0.1, 0.15) is 43.9 Å². The van der Waals surface area contributed by atoms with Gasteiger partial charge >= 0.3 is 71.6 Å². The molecule has 3 fully saturated rings. The van der Waals surface area contributed by atoms with Crippen molar-refractivity contribution in [2.45, 2.75) is 195 Å². The fourth-order valence-corrected chi connectivity index (χ4v) is 8.58. The Kier molecular flexibility index (Phi) is 24.8. The van der Waals surface area contributed by atoms with Crippen molar-refractivity contribution in [2.75, 3.05) is 19.8 Å². The molecule has 0 radical (unpaired) electrons. The minimum absolute atomic E-state index is 0.387. The zero-order chi connectivity index (χ0) is 61.4. The lowest BCUT2D eigenvalue weighted by Gasteiger charge is -2.44. The van der Waals surface area contributed by atoms with Gasteiger partial charge in [-0.1, -0.05) is 0 Å². The molecular formula is C50H64FNO30. The van der Waals surface area contributed by atoms with Gasteiger partial charge in [-0.3, -0.25) is 57.5 Å². The highest BCUT2D eigenvalue weighted by molar-refractivity contribution is 5.71. The molecule has 0 bridgehead atoms. The van der Waals surface area contributed by atoms with Crippen molar-refractivity contribution in [2.24, 2.45) is 0 Å². The fraction of sp³-hybridized carbons (Fsp3) is 0.660. The molecule has 0 aromatic carbocycles. The van der Waals surface area contributed by atoms with Crippen LogP contribution in [0.15, 0.2) is 0 Å². The number of aromatic nitrogens is 1. The molecule has 4 heterocycles. The summed E-state index contributed by atoms with van der Waals surface area (Å²) in [6.45, 7) is 8.64. The second-order valence-corrected chi connectivity index (χ2v) is 18.2. The van der Waals surface area contributed by atoms with Crippen molar-refractivity contribution in [3.8, 4) is 5.75 Å². The number of aryl methyl sites for hydroxylation is 1. The minimum atomic E-state index is -2.05. The lowest BCUT2D eigenvalue weighted by molar-refractivity contribution is -0.312. The quantitative estimate of drug-likeness (QED) is 0.0802. The Morgan fingerprint density at radius 3 is 0.915 bits per heavy atom. The zero-order valence-corrected chi connectivity index (χ0v) is 46.8. The molecule has 456 valence electrons. The molecule has 0 N–H and O–H groups in total. The molecule has 0 aliphatic carbocycles. The number of hydrogen-bond donors (Lipinski definition) is 0. The van der Waals surface area contributed by atoms with Gasteiger partial charge in [-0.05, 0) is 6.92 Å². The summed E-state index contributed by atoms with van der Waals surface area (Å²) in [7, 11) is 0. The van der Waals surface area contributed by atoms with E-state index in [2.05, 4.69) is 4.98 Å². The van der Waals surface area contributed by atoms with Crippen LogP contribution in [0.4, 0.5) is 4.39 Å². The molecule has 3 aliphatic rings. The highest BCUT2D eigenvalue weighted by Gasteiger charge is 2.56. The molecule has 0 saturated carbocycles. The van der Waals surface area contributed by atoms with Crippen LogP contribution in [0.25, 0.3) is 0 Å². The predicted octanol–water partition coefficient (Wildman–Crippen LogP) is 0.190. The largest absolute Gasteiger partial charge is 0.463 e. The normalized spacial score (nSPS) is 27.6. The Morgan fingerprint density at radius 1 is 0.366 bits per heavy atom. The Labute approximate surface area is 466 Å². The molecule has 15 atom stereocenters. The summed E-state index contributed by atoms with van der Waals surface area (Å²) in [5, 5.41) is 0. The van der Waals surface area contributed by atoms with Gasteiger partial charge in [-0.15, -0.1) is 0 Å². The number of rotatable bonds is 23. The standard InChI is InChI=1S/C50H64FNO30/c1-19-37(82-50-46(78-31(13)64)43(75-28(10)61)40(72-25(7)58)36(81-50)18-67-22(4)55)32(14-68-48-44(76-29(11)62)41(73-26(8)59)38(70-23(5)56)34(79-48)16-65-20(2)53)33(47(51)52-19)15-69-49-45(77-30(12)63)42(74-27(9)60)39(71-24(6)57)35(80-49)17-66-21(3)54/h34-36,38-46,48-50H,14-18H2,1-13H3/t34-,35-,36-,38-,39-,40+,41+,42+,43+,44+,45+,46-,48+,49+,50+/m1/s1. The topological polar surface area (TPSA) is 384 Å². The van der Waals surface area contributed by atoms with Crippen LogP contribution < -0.4 is 4.74 Å². The SMILES string of the molecule is CC(=O)OC[C@H]1O[C@@H](Oc2c(C)nc(F)c(CO[C@H]3O[C@H](COC(C)=O)[C@@H](OC(C)=O)[C@H](OC(C)=O)[C@@H]3OC(C)=O)c2CO[C@H]2O[C@H](COC(C)=O)[C@@H](OC(C)=O)[C@H](OC(C)=O)[C@@H]2OC(C)=O)[C@H](OC(C)=O)[C@@H](OC(C)=O)[C@H]1OC(C)=O. The summed E-state index contributed by atoms with van der Waals surface area (Å²) in [5.41, 5.74) is -1.55. The zero-order valence-electron chi connectivity index (χ0n) is 46.8. The highest BCUT2D eigenvalue weighted by atomic mass is 19.1. The third-order valence-electron chi connectivity index (χ3n) is 11.3. The van der Waals surface area contributed by atoms with Gasteiger partial charge in [0.15, 0.2) is 61.4 Å². The van der Waals surface area contributed by atoms with Crippen molar-refractivity contribution >= 4 is 71.6 Å². The highest BCUT2D eigenvalue weighted by Crippen LogP contribution is 2.38. The molecule has 0 spiro atoms. The lowest BCUT2D eigenvalue weighted by atomic mass is 9.97. The number of halogens is 1. The predicted molar refractivity (Wildman–Crippen MR) is 255 cm³/mol. The van der Waals surface area contributed by atoms with Crippen LogP contribution in [0.2, 0.25) is 0 Å². The average Bonchev–Trinajstić information content (AvgIpc) is 3.34. The first-order valence-corrected chi connectivity index (χ1v) is 24.9. The molecular weight excluding hydrogens is 1110 g/mol. The molecule has 3 saturated heterocycles. The second-order valence-electron chi connectivity index (χ2n) is 18.2. The van der Waals surface area contributed by atoms with Crippen LogP contribution in [0.1, 0.15) is 99.9 Å². The van der Waals surface area contributed by atoms with E-state index in [0.717, 1.165) is 83.1 Å².